The Labute approximate surface area is 184 Å². The van der Waals surface area contributed by atoms with E-state index in [0.29, 0.717) is 12.0 Å². The number of rotatable bonds is 6. The van der Waals surface area contributed by atoms with Gasteiger partial charge in [0, 0.05) is 17.7 Å². The van der Waals surface area contributed by atoms with Crippen molar-refractivity contribution in [2.24, 2.45) is 0 Å². The second-order valence-corrected chi connectivity index (χ2v) is 6.87. The highest BCUT2D eigenvalue weighted by Crippen LogP contribution is 2.36. The molecular formula is C19H16ClF3N6O3. The van der Waals surface area contributed by atoms with Gasteiger partial charge in [-0.2, -0.15) is 18.4 Å². The molecule has 0 saturated heterocycles. The fraction of sp³-hybridized carbons (Fsp3) is 0.211. The molecule has 9 nitrogen and oxygen atoms in total. The number of nitrogens with one attached hydrogen (secondary N) is 3. The summed E-state index contributed by atoms with van der Waals surface area (Å²) in [5, 5.41) is 18.0. The first kappa shape index (κ1) is 23.0. The predicted molar refractivity (Wildman–Crippen MR) is 109 cm³/mol. The normalized spacial score (nSPS) is 11.2. The fourth-order valence-electron chi connectivity index (χ4n) is 2.77. The van der Waals surface area contributed by atoms with Crippen molar-refractivity contribution < 1.29 is 27.5 Å². The molecule has 0 aliphatic rings. The maximum Gasteiger partial charge on any atom is 0.417 e. The van der Waals surface area contributed by atoms with E-state index in [4.69, 9.17) is 11.6 Å². The number of carbonyl (C=O) groups is 2. The molecule has 3 N–H and O–H groups in total. The summed E-state index contributed by atoms with van der Waals surface area (Å²) in [7, 11) is 1.29. The molecule has 0 aliphatic carbocycles. The molecule has 0 aliphatic heterocycles. The number of esters is 1. The van der Waals surface area contributed by atoms with Gasteiger partial charge in [0.1, 0.15) is 0 Å². The van der Waals surface area contributed by atoms with E-state index in [1.807, 2.05) is 0 Å². The van der Waals surface area contributed by atoms with Crippen LogP contribution in [0.3, 0.4) is 0 Å². The van der Waals surface area contributed by atoms with Crippen molar-refractivity contribution in [3.63, 3.8) is 0 Å². The van der Waals surface area contributed by atoms with Crippen LogP contribution in [0.4, 0.5) is 29.3 Å². The van der Waals surface area contributed by atoms with Crippen molar-refractivity contribution in [3.05, 3.63) is 52.5 Å². The molecule has 13 heteroatoms. The lowest BCUT2D eigenvalue weighted by atomic mass is 10.0. The van der Waals surface area contributed by atoms with E-state index in [-0.39, 0.29) is 29.6 Å². The lowest BCUT2D eigenvalue weighted by Gasteiger charge is -2.14. The largest absolute Gasteiger partial charge is 0.469 e. The molecule has 1 heterocycles. The quantitative estimate of drug-likeness (QED) is 0.464. The first-order chi connectivity index (χ1) is 15.2. The number of aromatic nitrogens is 4. The maximum absolute atomic E-state index is 13.0. The number of alkyl halides is 3. The van der Waals surface area contributed by atoms with E-state index in [9.17, 15) is 22.8 Å². The Morgan fingerprint density at radius 1 is 1.16 bits per heavy atom. The average Bonchev–Trinajstić information content (AvgIpc) is 3.28. The van der Waals surface area contributed by atoms with Crippen LogP contribution in [0.25, 0.3) is 11.4 Å². The number of methoxy groups -OCH3 is 1. The molecule has 168 valence electrons. The Hall–Kier alpha value is -3.67. The zero-order chi connectivity index (χ0) is 23.3. The van der Waals surface area contributed by atoms with Crippen LogP contribution in [0, 0.1) is 0 Å². The molecule has 0 unspecified atom stereocenters. The molecule has 0 spiro atoms. The number of benzene rings is 2. The molecule has 32 heavy (non-hydrogen) atoms. The molecular weight excluding hydrogens is 453 g/mol. The van der Waals surface area contributed by atoms with Gasteiger partial charge in [-0.05, 0) is 47.5 Å². The lowest BCUT2D eigenvalue weighted by molar-refractivity contribution is -0.140. The second kappa shape index (κ2) is 9.64. The third-order valence-electron chi connectivity index (χ3n) is 4.29. The highest BCUT2D eigenvalue weighted by Gasteiger charge is 2.33. The van der Waals surface area contributed by atoms with Crippen LogP contribution in [-0.4, -0.2) is 39.7 Å². The van der Waals surface area contributed by atoms with Crippen LogP contribution in [0.2, 0.25) is 5.02 Å². The number of aromatic amines is 1. The van der Waals surface area contributed by atoms with Gasteiger partial charge in [-0.15, -0.1) is 10.2 Å². The monoisotopic (exact) mass is 468 g/mol. The first-order valence-electron chi connectivity index (χ1n) is 9.05. The van der Waals surface area contributed by atoms with Crippen molar-refractivity contribution in [1.82, 2.24) is 20.6 Å². The number of tetrazole rings is 1. The van der Waals surface area contributed by atoms with Crippen molar-refractivity contribution in [2.75, 3.05) is 17.7 Å². The summed E-state index contributed by atoms with van der Waals surface area (Å²) in [6.45, 7) is 0. The molecule has 1 aromatic heterocycles. The molecule has 0 bridgehead atoms. The van der Waals surface area contributed by atoms with Crippen LogP contribution in [-0.2, 0) is 22.1 Å². The SMILES string of the molecule is COC(=O)CCc1ccc(NC(=O)Nc2ccc(Cl)c(C(F)(F)F)c2)c(-c2nn[nH]n2)c1. The van der Waals surface area contributed by atoms with Crippen LogP contribution >= 0.6 is 11.6 Å². The van der Waals surface area contributed by atoms with E-state index < -0.39 is 22.8 Å². The van der Waals surface area contributed by atoms with E-state index in [1.54, 1.807) is 18.2 Å². The van der Waals surface area contributed by atoms with Crippen LogP contribution < -0.4 is 10.6 Å². The Balaban J connectivity index is 1.80. The number of aryl methyl sites for hydroxylation is 1. The summed E-state index contributed by atoms with van der Waals surface area (Å²) in [5.41, 5.74) is 0.238. The number of H-pyrrole nitrogens is 1. The lowest BCUT2D eigenvalue weighted by Crippen LogP contribution is -2.20. The Kier molecular flexibility index (Phi) is 6.93. The van der Waals surface area contributed by atoms with Gasteiger partial charge < -0.3 is 15.4 Å². The number of hydrogen-bond acceptors (Lipinski definition) is 6. The van der Waals surface area contributed by atoms with Crippen LogP contribution in [0.15, 0.2) is 36.4 Å². The van der Waals surface area contributed by atoms with Gasteiger partial charge in [-0.1, -0.05) is 17.7 Å². The molecule has 0 atom stereocenters. The van der Waals surface area contributed by atoms with E-state index >= 15 is 0 Å². The number of halogens is 4. The Morgan fingerprint density at radius 2 is 1.94 bits per heavy atom. The molecule has 0 fully saturated rings. The molecule has 0 radical (unpaired) electrons. The van der Waals surface area contributed by atoms with Gasteiger partial charge in [0.15, 0.2) is 0 Å². The van der Waals surface area contributed by atoms with Gasteiger partial charge >= 0.3 is 18.2 Å². The molecule has 3 aromatic rings. The summed E-state index contributed by atoms with van der Waals surface area (Å²) in [6, 6.07) is 7.11. The smallest absolute Gasteiger partial charge is 0.417 e. The number of anilines is 2. The van der Waals surface area contributed by atoms with E-state index in [0.717, 1.165) is 17.7 Å². The van der Waals surface area contributed by atoms with Gasteiger partial charge in [0.05, 0.1) is 23.4 Å². The van der Waals surface area contributed by atoms with Gasteiger partial charge in [0.25, 0.3) is 0 Å². The second-order valence-electron chi connectivity index (χ2n) is 6.46. The van der Waals surface area contributed by atoms with Crippen molar-refractivity contribution in [2.45, 2.75) is 19.0 Å². The minimum atomic E-state index is -4.67. The maximum atomic E-state index is 13.0. The summed E-state index contributed by atoms with van der Waals surface area (Å²) in [4.78, 5) is 23.8. The van der Waals surface area contributed by atoms with Gasteiger partial charge in [-0.3, -0.25) is 4.79 Å². The molecule has 3 rings (SSSR count). The molecule has 2 aromatic carbocycles. The highest BCUT2D eigenvalue weighted by molar-refractivity contribution is 6.31. The van der Waals surface area contributed by atoms with Crippen LogP contribution in [0.5, 0.6) is 0 Å². The summed E-state index contributed by atoms with van der Waals surface area (Å²) >= 11 is 5.59. The van der Waals surface area contributed by atoms with Crippen LogP contribution in [0.1, 0.15) is 17.5 Å². The minimum Gasteiger partial charge on any atom is -0.469 e. The van der Waals surface area contributed by atoms with E-state index in [2.05, 4.69) is 36.0 Å². The number of ether oxygens (including phenoxy) is 1. The molecule has 2 amide bonds. The number of amides is 2. The van der Waals surface area contributed by atoms with Gasteiger partial charge in [0.2, 0.25) is 5.82 Å². The van der Waals surface area contributed by atoms with Crippen molar-refractivity contribution in [3.8, 4) is 11.4 Å². The number of hydrogen-bond donors (Lipinski definition) is 3. The fourth-order valence-corrected chi connectivity index (χ4v) is 2.99. The van der Waals surface area contributed by atoms with Gasteiger partial charge in [-0.25, -0.2) is 4.79 Å². The number of nitrogens with zero attached hydrogens (tertiary/aromatic N) is 3. The average molecular weight is 469 g/mol. The van der Waals surface area contributed by atoms with E-state index in [1.165, 1.54) is 13.2 Å². The summed E-state index contributed by atoms with van der Waals surface area (Å²) in [6.07, 6.45) is -4.15. The first-order valence-corrected chi connectivity index (χ1v) is 9.43. The predicted octanol–water partition coefficient (Wildman–Crippen LogP) is 4.29. The zero-order valence-electron chi connectivity index (χ0n) is 16.5. The zero-order valence-corrected chi connectivity index (χ0v) is 17.2. The topological polar surface area (TPSA) is 122 Å². The summed E-state index contributed by atoms with van der Waals surface area (Å²) < 4.78 is 43.7. The Morgan fingerprint density at radius 3 is 2.59 bits per heavy atom. The third kappa shape index (κ3) is 5.72. The van der Waals surface area contributed by atoms with Crippen molar-refractivity contribution >= 4 is 35.0 Å². The number of urea groups is 1. The standard InChI is InChI=1S/C19H16ClF3N6O3/c1-32-16(30)7-3-10-2-6-15(12(8-10)17-26-28-29-27-17)25-18(31)24-11-4-5-14(20)13(9-11)19(21,22)23/h2,4-6,8-9H,3,7H2,1H3,(H2,24,25,31)(H,26,27,28,29). The summed E-state index contributed by atoms with van der Waals surface area (Å²) in [5.74, 6) is -0.208. The van der Waals surface area contributed by atoms with Crippen molar-refractivity contribution in [1.29, 1.82) is 0 Å². The molecule has 0 saturated carbocycles. The number of carbonyl (C=O) groups excluding carboxylic acids is 2. The minimum absolute atomic E-state index is 0.102. The highest BCUT2D eigenvalue weighted by atomic mass is 35.5. The Bertz CT molecular complexity index is 1120. The third-order valence-corrected chi connectivity index (χ3v) is 4.62.